The highest BCUT2D eigenvalue weighted by atomic mass is 35.5. The van der Waals surface area contributed by atoms with Gasteiger partial charge in [-0.3, -0.25) is 14.2 Å². The second-order valence-electron chi connectivity index (χ2n) is 7.06. The van der Waals surface area contributed by atoms with Crippen LogP contribution in [0, 0.1) is 0 Å². The second-order valence-corrected chi connectivity index (χ2v) is 8.44. The zero-order valence-electron chi connectivity index (χ0n) is 17.6. The van der Waals surface area contributed by atoms with E-state index in [0.29, 0.717) is 28.7 Å². The fourth-order valence-corrected chi connectivity index (χ4v) is 4.13. The maximum Gasteiger partial charge on any atom is 0.216 e. The van der Waals surface area contributed by atoms with Gasteiger partial charge in [0.1, 0.15) is 5.82 Å². The van der Waals surface area contributed by atoms with E-state index in [0.717, 1.165) is 24.4 Å². The molecule has 1 aromatic heterocycles. The largest absolute Gasteiger partial charge is 0.356 e. The van der Waals surface area contributed by atoms with Crippen molar-refractivity contribution in [3.8, 4) is 5.69 Å². The maximum absolute atomic E-state index is 12.7. The fraction of sp³-hybridized carbons (Fsp3) is 0.304. The summed E-state index contributed by atoms with van der Waals surface area (Å²) in [4.78, 5) is 23.8. The Morgan fingerprint density at radius 1 is 1.13 bits per heavy atom. The van der Waals surface area contributed by atoms with Crippen LogP contribution in [-0.2, 0) is 17.6 Å². The summed E-state index contributed by atoms with van der Waals surface area (Å²) in [5.41, 5.74) is 2.73. The minimum Gasteiger partial charge on any atom is -0.356 e. The molecule has 1 N–H and O–H groups in total. The number of carbonyl (C=O) groups is 2. The first-order valence-electron chi connectivity index (χ1n) is 10.2. The van der Waals surface area contributed by atoms with Crippen molar-refractivity contribution in [2.45, 2.75) is 38.3 Å². The van der Waals surface area contributed by atoms with Crippen LogP contribution < -0.4 is 5.32 Å². The monoisotopic (exact) mass is 456 g/mol. The Labute approximate surface area is 191 Å². The molecule has 8 heteroatoms. The lowest BCUT2D eigenvalue weighted by Gasteiger charge is -2.11. The maximum atomic E-state index is 12.7. The summed E-state index contributed by atoms with van der Waals surface area (Å²) < 4.78 is 1.93. The molecular formula is C23H25ClN4O2S. The van der Waals surface area contributed by atoms with Crippen molar-refractivity contribution in [3.63, 3.8) is 0 Å². The van der Waals surface area contributed by atoms with Crippen LogP contribution >= 0.6 is 23.4 Å². The number of Topliss-reactive ketones (excluding diaryl/α,β-unsaturated/α-hetero) is 1. The van der Waals surface area contributed by atoms with Crippen molar-refractivity contribution < 1.29 is 9.59 Å². The predicted octanol–water partition coefficient (Wildman–Crippen LogP) is 4.53. The zero-order chi connectivity index (χ0) is 22.2. The Bertz CT molecular complexity index is 1050. The first-order chi connectivity index (χ1) is 15.0. The van der Waals surface area contributed by atoms with Gasteiger partial charge in [-0.25, -0.2) is 0 Å². The minimum atomic E-state index is -0.0574. The Kier molecular flexibility index (Phi) is 8.26. The normalized spacial score (nSPS) is 10.8. The number of aryl methyl sites for hydroxylation is 2. The summed E-state index contributed by atoms with van der Waals surface area (Å²) in [5.74, 6) is 1.00. The molecule has 6 nitrogen and oxygen atoms in total. The lowest BCUT2D eigenvalue weighted by atomic mass is 10.1. The van der Waals surface area contributed by atoms with Gasteiger partial charge in [0.25, 0.3) is 0 Å². The van der Waals surface area contributed by atoms with Crippen LogP contribution in [0.4, 0.5) is 0 Å². The van der Waals surface area contributed by atoms with E-state index in [-0.39, 0.29) is 17.4 Å². The summed E-state index contributed by atoms with van der Waals surface area (Å²) in [6, 6.07) is 15.2. The van der Waals surface area contributed by atoms with Gasteiger partial charge in [-0.15, -0.1) is 10.2 Å². The van der Waals surface area contributed by atoms with Gasteiger partial charge in [-0.1, -0.05) is 60.6 Å². The molecular weight excluding hydrogens is 432 g/mol. The molecule has 0 aliphatic heterocycles. The number of nitrogens with one attached hydrogen (secondary N) is 1. The molecule has 1 heterocycles. The molecule has 162 valence electrons. The van der Waals surface area contributed by atoms with E-state index in [1.807, 2.05) is 53.1 Å². The summed E-state index contributed by atoms with van der Waals surface area (Å²) in [7, 11) is 0. The van der Waals surface area contributed by atoms with E-state index in [9.17, 15) is 9.59 Å². The van der Waals surface area contributed by atoms with Gasteiger partial charge in [-0.2, -0.15) is 0 Å². The van der Waals surface area contributed by atoms with E-state index >= 15 is 0 Å². The van der Waals surface area contributed by atoms with Crippen LogP contribution in [0.25, 0.3) is 5.69 Å². The lowest BCUT2D eigenvalue weighted by Crippen LogP contribution is -2.21. The molecule has 0 spiro atoms. The van der Waals surface area contributed by atoms with Gasteiger partial charge in [-0.05, 0) is 36.6 Å². The molecule has 0 saturated carbocycles. The lowest BCUT2D eigenvalue weighted by molar-refractivity contribution is -0.118. The fourth-order valence-electron chi connectivity index (χ4n) is 3.08. The van der Waals surface area contributed by atoms with Gasteiger partial charge in [0.2, 0.25) is 5.91 Å². The quantitative estimate of drug-likeness (QED) is 0.275. The highest BCUT2D eigenvalue weighted by Gasteiger charge is 2.17. The SMILES string of the molecule is CCc1ccc(C(=O)CSc2nnc(CCCNC(C)=O)n2-c2cccc(Cl)c2)cc1. The number of hydrogen-bond donors (Lipinski definition) is 1. The molecule has 31 heavy (non-hydrogen) atoms. The van der Waals surface area contributed by atoms with Crippen molar-refractivity contribution in [2.24, 2.45) is 0 Å². The molecule has 1 amide bonds. The summed E-state index contributed by atoms with van der Waals surface area (Å²) in [5, 5.41) is 12.7. The highest BCUT2D eigenvalue weighted by molar-refractivity contribution is 7.99. The van der Waals surface area contributed by atoms with Crippen LogP contribution in [0.2, 0.25) is 5.02 Å². The number of amides is 1. The van der Waals surface area contributed by atoms with Crippen molar-refractivity contribution in [3.05, 3.63) is 70.5 Å². The number of carbonyl (C=O) groups excluding carboxylic acids is 2. The Morgan fingerprint density at radius 3 is 2.58 bits per heavy atom. The van der Waals surface area contributed by atoms with E-state index < -0.39 is 0 Å². The van der Waals surface area contributed by atoms with Gasteiger partial charge < -0.3 is 5.32 Å². The molecule has 3 aromatic rings. The molecule has 0 radical (unpaired) electrons. The standard InChI is InChI=1S/C23H25ClN4O2S/c1-3-17-9-11-18(12-10-17)21(30)15-31-23-27-26-22(8-5-13-25-16(2)29)28(23)20-7-4-6-19(24)14-20/h4,6-7,9-12,14H,3,5,8,13,15H2,1-2H3,(H,25,29). The summed E-state index contributed by atoms with van der Waals surface area (Å²) >= 11 is 7.55. The molecule has 0 aliphatic rings. The van der Waals surface area contributed by atoms with Gasteiger partial charge in [0, 0.05) is 30.5 Å². The van der Waals surface area contributed by atoms with Gasteiger partial charge in [0.15, 0.2) is 10.9 Å². The highest BCUT2D eigenvalue weighted by Crippen LogP contribution is 2.25. The number of aromatic nitrogens is 3. The molecule has 3 rings (SSSR count). The van der Waals surface area contributed by atoms with E-state index in [2.05, 4.69) is 22.4 Å². The third-order valence-electron chi connectivity index (χ3n) is 4.73. The number of hydrogen-bond acceptors (Lipinski definition) is 5. The molecule has 0 saturated heterocycles. The topological polar surface area (TPSA) is 76.9 Å². The van der Waals surface area contributed by atoms with Crippen molar-refractivity contribution in [1.82, 2.24) is 20.1 Å². The third kappa shape index (κ3) is 6.42. The van der Waals surface area contributed by atoms with E-state index in [1.54, 1.807) is 0 Å². The third-order valence-corrected chi connectivity index (χ3v) is 5.90. The smallest absolute Gasteiger partial charge is 0.216 e. The summed E-state index contributed by atoms with van der Waals surface area (Å²) in [6.07, 6.45) is 2.30. The molecule has 2 aromatic carbocycles. The number of nitrogens with zero attached hydrogens (tertiary/aromatic N) is 3. The second kappa shape index (κ2) is 11.1. The van der Waals surface area contributed by atoms with Crippen molar-refractivity contribution in [1.29, 1.82) is 0 Å². The van der Waals surface area contributed by atoms with Crippen LogP contribution in [-0.4, -0.2) is 38.8 Å². The number of rotatable bonds is 10. The zero-order valence-corrected chi connectivity index (χ0v) is 19.2. The molecule has 0 bridgehead atoms. The Hall–Kier alpha value is -2.64. The average molecular weight is 457 g/mol. The van der Waals surface area contributed by atoms with Crippen molar-refractivity contribution >= 4 is 35.1 Å². The van der Waals surface area contributed by atoms with E-state index in [4.69, 9.17) is 11.6 Å². The Balaban J connectivity index is 1.76. The summed E-state index contributed by atoms with van der Waals surface area (Å²) in [6.45, 7) is 4.14. The number of thioether (sulfide) groups is 1. The van der Waals surface area contributed by atoms with Crippen LogP contribution in [0.5, 0.6) is 0 Å². The van der Waals surface area contributed by atoms with Crippen LogP contribution in [0.3, 0.4) is 0 Å². The minimum absolute atomic E-state index is 0.0421. The first kappa shape index (κ1) is 23.0. The average Bonchev–Trinajstić information content (AvgIpc) is 3.17. The van der Waals surface area contributed by atoms with Gasteiger partial charge >= 0.3 is 0 Å². The van der Waals surface area contributed by atoms with Crippen LogP contribution in [0.15, 0.2) is 53.7 Å². The first-order valence-corrected chi connectivity index (χ1v) is 11.5. The van der Waals surface area contributed by atoms with E-state index in [1.165, 1.54) is 24.2 Å². The molecule has 0 unspecified atom stereocenters. The van der Waals surface area contributed by atoms with Gasteiger partial charge in [0.05, 0.1) is 11.4 Å². The van der Waals surface area contributed by atoms with Crippen LogP contribution in [0.1, 0.15) is 42.0 Å². The number of halogens is 1. The number of benzene rings is 2. The molecule has 0 fully saturated rings. The number of ketones is 1. The van der Waals surface area contributed by atoms with Crippen molar-refractivity contribution in [2.75, 3.05) is 12.3 Å². The molecule has 0 atom stereocenters. The predicted molar refractivity (Wildman–Crippen MR) is 124 cm³/mol. The molecule has 0 aliphatic carbocycles. The Morgan fingerprint density at radius 2 is 1.90 bits per heavy atom.